The lowest BCUT2D eigenvalue weighted by atomic mass is 9.96. The molecule has 440 valence electrons. The Morgan fingerprint density at radius 1 is 0.810 bits per heavy atom. The zero-order valence-electron chi connectivity index (χ0n) is 47.3. The number of hydrazine groups is 1. The first-order chi connectivity index (χ1) is 41.0. The Hall–Kier alpha value is -7.16. The van der Waals surface area contributed by atoms with E-state index in [9.17, 15) is 15.2 Å². The van der Waals surface area contributed by atoms with E-state index < -0.39 is 5.56 Å². The van der Waals surface area contributed by atoms with Crippen molar-refractivity contribution in [1.29, 1.82) is 5.26 Å². The molecule has 0 saturated carbocycles. The van der Waals surface area contributed by atoms with Gasteiger partial charge in [0.2, 0.25) is 0 Å². The number of nitrogens with one attached hydrogen (secondary N) is 2. The van der Waals surface area contributed by atoms with E-state index in [1.807, 2.05) is 84.2 Å². The van der Waals surface area contributed by atoms with Crippen molar-refractivity contribution in [3.8, 4) is 39.8 Å². The Morgan fingerprint density at radius 3 is 2.05 bits per heavy atom. The van der Waals surface area contributed by atoms with Gasteiger partial charge >= 0.3 is 0 Å². The van der Waals surface area contributed by atoms with Crippen molar-refractivity contribution < 1.29 is 28.8 Å². The van der Waals surface area contributed by atoms with Crippen LogP contribution in [0.5, 0.6) is 11.5 Å². The predicted octanol–water partition coefficient (Wildman–Crippen LogP) is 9.60. The van der Waals surface area contributed by atoms with Crippen LogP contribution in [0.15, 0.2) is 132 Å². The molecule has 21 heteroatoms. The quantitative estimate of drug-likeness (QED) is 0.0160. The molecule has 1 fully saturated rings. The van der Waals surface area contributed by atoms with Crippen molar-refractivity contribution >= 4 is 67.2 Å². The average molecular weight is 1200 g/mol. The highest BCUT2D eigenvalue weighted by atomic mass is 35.5. The normalized spacial score (nSPS) is 13.3. The minimum absolute atomic E-state index is 0.103. The lowest BCUT2D eigenvalue weighted by Crippen LogP contribution is -2.47. The third-order valence-electron chi connectivity index (χ3n) is 14.6. The highest BCUT2D eigenvalue weighted by Crippen LogP contribution is 2.40. The summed E-state index contributed by atoms with van der Waals surface area (Å²) in [6.07, 6.45) is 2.60. The van der Waals surface area contributed by atoms with Gasteiger partial charge in [0, 0.05) is 83.0 Å². The lowest BCUT2D eigenvalue weighted by molar-refractivity contribution is -0.00442. The average Bonchev–Trinajstić information content (AvgIpc) is 3.13. The number of pyridine rings is 1. The number of H-pyrrole nitrogens is 1. The number of thiophene rings is 1. The molecule has 8 aromatic rings. The molecule has 1 saturated heterocycles. The number of nitrogens with zero attached hydrogens (tertiary/aromatic N) is 7. The van der Waals surface area contributed by atoms with Gasteiger partial charge in [-0.3, -0.25) is 14.6 Å². The second kappa shape index (κ2) is 30.6. The number of benzene rings is 5. The van der Waals surface area contributed by atoms with E-state index in [4.69, 9.17) is 68.4 Å². The molecule has 4 heterocycles. The summed E-state index contributed by atoms with van der Waals surface area (Å²) in [5.41, 5.74) is 13.3. The number of aromatic nitrogens is 3. The molecule has 0 aliphatic carbocycles. The molecule has 0 spiro atoms. The molecular weight excluding hydrogens is 1130 g/mol. The number of ether oxygens (including phenoxy) is 5. The molecule has 9 rings (SSSR count). The van der Waals surface area contributed by atoms with Crippen molar-refractivity contribution in [2.24, 2.45) is 11.6 Å². The molecule has 0 unspecified atom stereocenters. The third kappa shape index (κ3) is 16.4. The van der Waals surface area contributed by atoms with E-state index in [-0.39, 0.29) is 17.4 Å². The molecule has 0 amide bonds. The molecule has 0 atom stereocenters. The summed E-state index contributed by atoms with van der Waals surface area (Å²) in [7, 11) is 3.71. The standard InChI is InChI=1S/C63H71Cl2N11O7S/c1-73(23-5-22-69-61-51-6-3-4-7-55(51)70-57(71-61)41-74-24-26-75(27-25-74)59(45-12-17-48(64)18-13-45)46-14-19-49(65)20-15-46)28-30-80-32-34-82-36-37-83-35-33-81-31-29-76(68)40-54(67)47-16-21-50(56(38-47)79-2)43-8-10-44(11-9-43)53-42-84-63-58(53)60(77)52(39-66)62(78)72-63/h3-4,6-21,38,40,42,59H,5,22-37,41,67-68H2,1-2H3,(H,69,70,71)(H2,72,77,78)/b54-40-. The van der Waals surface area contributed by atoms with E-state index in [0.29, 0.717) is 93.2 Å². The molecule has 0 bridgehead atoms. The van der Waals surface area contributed by atoms with Crippen LogP contribution in [-0.2, 0) is 25.5 Å². The van der Waals surface area contributed by atoms with Crippen LogP contribution in [0.1, 0.15) is 40.5 Å². The maximum Gasteiger partial charge on any atom is 0.270 e. The molecule has 18 nitrogen and oxygen atoms in total. The van der Waals surface area contributed by atoms with E-state index in [1.54, 1.807) is 19.4 Å². The fourth-order valence-corrected chi connectivity index (χ4v) is 11.3. The van der Waals surface area contributed by atoms with Gasteiger partial charge in [0.05, 0.1) is 95.7 Å². The van der Waals surface area contributed by atoms with Gasteiger partial charge in [-0.2, -0.15) is 5.26 Å². The molecule has 1 aliphatic heterocycles. The summed E-state index contributed by atoms with van der Waals surface area (Å²) in [5.74, 6) is 8.22. The Kier molecular flexibility index (Phi) is 22.4. The predicted molar refractivity (Wildman–Crippen MR) is 334 cm³/mol. The number of piperazine rings is 1. The summed E-state index contributed by atoms with van der Waals surface area (Å²) >= 11 is 13.8. The molecule has 5 aromatic carbocycles. The van der Waals surface area contributed by atoms with Crippen LogP contribution in [0, 0.1) is 11.3 Å². The number of likely N-dealkylation sites (N-methyl/N-ethyl adjacent to an activating group) is 1. The smallest absolute Gasteiger partial charge is 0.270 e. The fraction of sp³-hybridized carbons (Fsp3) is 0.333. The van der Waals surface area contributed by atoms with Crippen molar-refractivity contribution in [1.82, 2.24) is 34.7 Å². The molecule has 84 heavy (non-hydrogen) atoms. The second-order valence-electron chi connectivity index (χ2n) is 20.3. The number of methoxy groups -OCH3 is 1. The van der Waals surface area contributed by atoms with Gasteiger partial charge in [0.15, 0.2) is 5.56 Å². The van der Waals surface area contributed by atoms with Crippen LogP contribution in [0.4, 0.5) is 5.82 Å². The van der Waals surface area contributed by atoms with Crippen LogP contribution >= 0.6 is 34.5 Å². The Morgan fingerprint density at radius 2 is 1.42 bits per heavy atom. The summed E-state index contributed by atoms with van der Waals surface area (Å²) in [5, 5.41) is 30.0. The first kappa shape index (κ1) is 61.4. The Bertz CT molecular complexity index is 3510. The summed E-state index contributed by atoms with van der Waals surface area (Å²) < 4.78 is 28.7. The molecule has 7 N–H and O–H groups in total. The van der Waals surface area contributed by atoms with Crippen LogP contribution in [0.3, 0.4) is 0 Å². The number of hydrogen-bond donors (Lipinski definition) is 5. The van der Waals surface area contributed by atoms with Gasteiger partial charge in [-0.1, -0.05) is 89.9 Å². The van der Waals surface area contributed by atoms with Gasteiger partial charge in [-0.25, -0.2) is 15.8 Å². The van der Waals surface area contributed by atoms with E-state index in [1.165, 1.54) is 27.5 Å². The zero-order valence-corrected chi connectivity index (χ0v) is 49.6. The van der Waals surface area contributed by atoms with Crippen LogP contribution in [-0.4, -0.2) is 159 Å². The third-order valence-corrected chi connectivity index (χ3v) is 16.0. The molecule has 1 aliphatic rings. The van der Waals surface area contributed by atoms with E-state index in [2.05, 4.69) is 68.4 Å². The lowest BCUT2D eigenvalue weighted by Gasteiger charge is -2.39. The first-order valence-corrected chi connectivity index (χ1v) is 29.6. The number of aromatic amines is 1. The zero-order chi connectivity index (χ0) is 58.8. The van der Waals surface area contributed by atoms with Crippen molar-refractivity contribution in [3.05, 3.63) is 175 Å². The monoisotopic (exact) mass is 1200 g/mol. The van der Waals surface area contributed by atoms with Gasteiger partial charge in [-0.15, -0.1) is 11.3 Å². The molecule has 0 radical (unpaired) electrons. The number of nitrogens with two attached hydrogens (primary N) is 2. The first-order valence-electron chi connectivity index (χ1n) is 28.0. The number of fused-ring (bicyclic) bond motifs is 2. The second-order valence-corrected chi connectivity index (χ2v) is 22.1. The van der Waals surface area contributed by atoms with Crippen molar-refractivity contribution in [2.75, 3.05) is 125 Å². The highest BCUT2D eigenvalue weighted by Gasteiger charge is 2.27. The number of hydrogen-bond acceptors (Lipinski definition) is 18. The summed E-state index contributed by atoms with van der Waals surface area (Å²) in [4.78, 5) is 32.6. The summed E-state index contributed by atoms with van der Waals surface area (Å²) in [6, 6.07) is 39.8. The largest absolute Gasteiger partial charge is 0.506 e. The minimum atomic E-state index is -0.618. The van der Waals surface area contributed by atoms with E-state index >= 15 is 0 Å². The van der Waals surface area contributed by atoms with Gasteiger partial charge in [0.1, 0.15) is 34.0 Å². The summed E-state index contributed by atoms with van der Waals surface area (Å²) in [6.45, 7) is 10.9. The number of halogens is 2. The topological polar surface area (TPSA) is 226 Å². The maximum atomic E-state index is 12.2. The van der Waals surface area contributed by atoms with Crippen molar-refractivity contribution in [2.45, 2.75) is 19.0 Å². The highest BCUT2D eigenvalue weighted by molar-refractivity contribution is 7.17. The van der Waals surface area contributed by atoms with Gasteiger partial charge < -0.3 is 54.7 Å². The minimum Gasteiger partial charge on any atom is -0.506 e. The molecule has 3 aromatic heterocycles. The van der Waals surface area contributed by atoms with Crippen molar-refractivity contribution in [3.63, 3.8) is 0 Å². The fourth-order valence-electron chi connectivity index (χ4n) is 10.1. The van der Waals surface area contributed by atoms with Crippen LogP contribution < -0.4 is 27.2 Å². The van der Waals surface area contributed by atoms with E-state index in [0.717, 1.165) is 107 Å². The number of nitriles is 1. The number of para-hydroxylation sites is 1. The number of anilines is 1. The number of rotatable bonds is 30. The SMILES string of the molecule is COc1cc(/C(N)=C/N(N)CCOCCOCCOCCOCCN(C)CCCNc2nc(CN3CCN(C(c4ccc(Cl)cc4)c4ccc(Cl)cc4)CC3)nc3ccccc23)ccc1-c1ccc(-c2csc3[nH]c(=O)c(C#N)c(O)c23)cc1. The maximum absolute atomic E-state index is 12.2. The Labute approximate surface area is 503 Å². The van der Waals surface area contributed by atoms with Gasteiger partial charge in [-0.05, 0) is 90.8 Å². The molecular formula is C63H71Cl2N11O7S. The van der Waals surface area contributed by atoms with Crippen LogP contribution in [0.25, 0.3) is 49.1 Å². The number of aromatic hydroxyl groups is 1. The Balaban J connectivity index is 0.602. The van der Waals surface area contributed by atoms with Crippen LogP contribution in [0.2, 0.25) is 10.0 Å². The van der Waals surface area contributed by atoms with Gasteiger partial charge in [0.25, 0.3) is 5.56 Å².